The molecule has 5 nitrogen and oxygen atoms in total. The molecule has 0 aliphatic carbocycles. The molecule has 16 heavy (non-hydrogen) atoms. The van der Waals surface area contributed by atoms with Gasteiger partial charge < -0.3 is 15.7 Å². The monoisotopic (exact) mass is 230 g/mol. The van der Waals surface area contributed by atoms with Crippen LogP contribution in [-0.2, 0) is 4.79 Å². The minimum atomic E-state index is -0.916. The lowest BCUT2D eigenvalue weighted by Crippen LogP contribution is -2.50. The molecule has 0 radical (unpaired) electrons. The van der Waals surface area contributed by atoms with Gasteiger partial charge in [0, 0.05) is 11.6 Å². The molecule has 94 valence electrons. The number of urea groups is 1. The molecule has 0 fully saturated rings. The van der Waals surface area contributed by atoms with E-state index in [1.807, 2.05) is 20.8 Å². The van der Waals surface area contributed by atoms with Crippen LogP contribution in [-0.4, -0.2) is 28.7 Å². The number of nitrogens with one attached hydrogen (secondary N) is 2. The second-order valence-corrected chi connectivity index (χ2v) is 4.73. The summed E-state index contributed by atoms with van der Waals surface area (Å²) in [6.07, 6.45) is 1.80. The van der Waals surface area contributed by atoms with Crippen molar-refractivity contribution in [3.8, 4) is 0 Å². The molecule has 2 amide bonds. The molecule has 0 saturated carbocycles. The highest BCUT2D eigenvalue weighted by molar-refractivity contribution is 5.76. The first-order valence-electron chi connectivity index (χ1n) is 5.57. The van der Waals surface area contributed by atoms with Gasteiger partial charge in [-0.05, 0) is 27.2 Å². The normalized spacial score (nSPS) is 13.0. The summed E-state index contributed by atoms with van der Waals surface area (Å²) in [5, 5.41) is 14.0. The molecule has 0 bridgehead atoms. The smallest absolute Gasteiger partial charge is 0.315 e. The number of aliphatic carboxylic acids is 1. The summed E-state index contributed by atoms with van der Waals surface area (Å²) in [6, 6.07) is -0.679. The first-order valence-corrected chi connectivity index (χ1v) is 5.57. The van der Waals surface area contributed by atoms with Crippen molar-refractivity contribution in [2.45, 2.75) is 58.5 Å². The van der Waals surface area contributed by atoms with Gasteiger partial charge in [0.25, 0.3) is 0 Å². The summed E-state index contributed by atoms with van der Waals surface area (Å²) in [7, 11) is 0. The maximum Gasteiger partial charge on any atom is 0.315 e. The zero-order chi connectivity index (χ0) is 12.8. The summed E-state index contributed by atoms with van der Waals surface area (Å²) in [6.45, 7) is 7.60. The summed E-state index contributed by atoms with van der Waals surface area (Å²) in [5.41, 5.74) is -0.262. The molecular weight excluding hydrogens is 208 g/mol. The quantitative estimate of drug-likeness (QED) is 0.650. The average molecular weight is 230 g/mol. The topological polar surface area (TPSA) is 78.4 Å². The molecule has 5 heteroatoms. The lowest BCUT2D eigenvalue weighted by molar-refractivity contribution is -0.137. The standard InChI is InChI=1S/C11H22N2O3/c1-5-6-11(3,4)13-10(16)12-8(2)7-9(14)15/h8H,5-7H2,1-4H3,(H,14,15)(H2,12,13,16). The molecule has 0 aromatic rings. The maximum atomic E-state index is 11.5. The number of hydrogen-bond donors (Lipinski definition) is 3. The Morgan fingerprint density at radius 1 is 1.38 bits per heavy atom. The number of carboxylic acids is 1. The first kappa shape index (κ1) is 14.7. The Labute approximate surface area is 96.6 Å². The number of carboxylic acid groups (broad SMARTS) is 1. The third kappa shape index (κ3) is 7.09. The van der Waals surface area contributed by atoms with E-state index in [-0.39, 0.29) is 24.0 Å². The van der Waals surface area contributed by atoms with Crippen LogP contribution in [0.25, 0.3) is 0 Å². The van der Waals surface area contributed by atoms with Crippen molar-refractivity contribution < 1.29 is 14.7 Å². The van der Waals surface area contributed by atoms with E-state index in [1.165, 1.54) is 0 Å². The molecule has 0 aromatic carbocycles. The molecular formula is C11H22N2O3. The molecule has 1 unspecified atom stereocenters. The van der Waals surface area contributed by atoms with Crippen LogP contribution < -0.4 is 10.6 Å². The summed E-state index contributed by atoms with van der Waals surface area (Å²) >= 11 is 0. The molecule has 0 rings (SSSR count). The molecule has 0 spiro atoms. The van der Waals surface area contributed by atoms with Crippen molar-refractivity contribution in [1.82, 2.24) is 10.6 Å². The molecule has 0 aliphatic rings. The average Bonchev–Trinajstić information content (AvgIpc) is 1.98. The lowest BCUT2D eigenvalue weighted by atomic mass is 9.99. The fraction of sp³-hybridized carbons (Fsp3) is 0.818. The van der Waals surface area contributed by atoms with E-state index in [1.54, 1.807) is 6.92 Å². The van der Waals surface area contributed by atoms with Gasteiger partial charge in [0.1, 0.15) is 0 Å². The van der Waals surface area contributed by atoms with Gasteiger partial charge in [-0.25, -0.2) is 4.79 Å². The van der Waals surface area contributed by atoms with E-state index >= 15 is 0 Å². The molecule has 3 N–H and O–H groups in total. The zero-order valence-corrected chi connectivity index (χ0v) is 10.5. The highest BCUT2D eigenvalue weighted by atomic mass is 16.4. The van der Waals surface area contributed by atoms with Crippen LogP contribution in [0.5, 0.6) is 0 Å². The molecule has 0 heterocycles. The minimum Gasteiger partial charge on any atom is -0.481 e. The minimum absolute atomic E-state index is 0.0678. The third-order valence-electron chi connectivity index (χ3n) is 2.19. The van der Waals surface area contributed by atoms with Crippen LogP contribution in [0.3, 0.4) is 0 Å². The van der Waals surface area contributed by atoms with Crippen LogP contribution in [0, 0.1) is 0 Å². The summed E-state index contributed by atoms with van der Waals surface area (Å²) in [5.74, 6) is -0.916. The summed E-state index contributed by atoms with van der Waals surface area (Å²) < 4.78 is 0. The number of carbonyl (C=O) groups excluding carboxylic acids is 1. The van der Waals surface area contributed by atoms with Crippen LogP contribution in [0.1, 0.15) is 47.0 Å². The van der Waals surface area contributed by atoms with Crippen LogP contribution in [0.2, 0.25) is 0 Å². The highest BCUT2D eigenvalue weighted by Gasteiger charge is 2.20. The Hall–Kier alpha value is -1.26. The van der Waals surface area contributed by atoms with E-state index < -0.39 is 5.97 Å². The van der Waals surface area contributed by atoms with Gasteiger partial charge in [-0.3, -0.25) is 4.79 Å². The Balaban J connectivity index is 4.03. The van der Waals surface area contributed by atoms with Crippen LogP contribution in [0.4, 0.5) is 4.79 Å². The second kappa shape index (κ2) is 6.35. The van der Waals surface area contributed by atoms with Gasteiger partial charge in [0.05, 0.1) is 6.42 Å². The Morgan fingerprint density at radius 2 is 1.94 bits per heavy atom. The zero-order valence-electron chi connectivity index (χ0n) is 10.5. The number of amides is 2. The fourth-order valence-corrected chi connectivity index (χ4v) is 1.57. The van der Waals surface area contributed by atoms with E-state index in [0.29, 0.717) is 0 Å². The largest absolute Gasteiger partial charge is 0.481 e. The highest BCUT2D eigenvalue weighted by Crippen LogP contribution is 2.10. The van der Waals surface area contributed by atoms with Crippen LogP contribution in [0.15, 0.2) is 0 Å². The van der Waals surface area contributed by atoms with Crippen molar-refractivity contribution in [3.05, 3.63) is 0 Å². The molecule has 0 aliphatic heterocycles. The maximum absolute atomic E-state index is 11.5. The molecule has 0 saturated heterocycles. The van der Waals surface area contributed by atoms with E-state index in [9.17, 15) is 9.59 Å². The number of hydrogen-bond acceptors (Lipinski definition) is 2. The van der Waals surface area contributed by atoms with Crippen molar-refractivity contribution >= 4 is 12.0 Å². The van der Waals surface area contributed by atoms with Crippen LogP contribution >= 0.6 is 0 Å². The van der Waals surface area contributed by atoms with Gasteiger partial charge in [-0.2, -0.15) is 0 Å². The molecule has 1 atom stereocenters. The van der Waals surface area contributed by atoms with E-state index in [4.69, 9.17) is 5.11 Å². The van der Waals surface area contributed by atoms with E-state index in [2.05, 4.69) is 10.6 Å². The van der Waals surface area contributed by atoms with Gasteiger partial charge in [-0.15, -0.1) is 0 Å². The second-order valence-electron chi connectivity index (χ2n) is 4.73. The van der Waals surface area contributed by atoms with Gasteiger partial charge in [0.2, 0.25) is 0 Å². The van der Waals surface area contributed by atoms with Gasteiger partial charge in [0.15, 0.2) is 0 Å². The summed E-state index contributed by atoms with van der Waals surface area (Å²) in [4.78, 5) is 21.9. The predicted molar refractivity (Wildman–Crippen MR) is 62.4 cm³/mol. The third-order valence-corrected chi connectivity index (χ3v) is 2.19. The Bertz CT molecular complexity index is 252. The SMILES string of the molecule is CCCC(C)(C)NC(=O)NC(C)CC(=O)O. The Morgan fingerprint density at radius 3 is 2.38 bits per heavy atom. The molecule has 0 aromatic heterocycles. The van der Waals surface area contributed by atoms with Crippen molar-refractivity contribution in [3.63, 3.8) is 0 Å². The lowest BCUT2D eigenvalue weighted by Gasteiger charge is -2.26. The van der Waals surface area contributed by atoms with Crippen molar-refractivity contribution in [2.75, 3.05) is 0 Å². The van der Waals surface area contributed by atoms with Gasteiger partial charge in [-0.1, -0.05) is 13.3 Å². The number of rotatable bonds is 6. The van der Waals surface area contributed by atoms with E-state index in [0.717, 1.165) is 12.8 Å². The fourth-order valence-electron chi connectivity index (χ4n) is 1.57. The van der Waals surface area contributed by atoms with Crippen molar-refractivity contribution in [2.24, 2.45) is 0 Å². The predicted octanol–water partition coefficient (Wildman–Crippen LogP) is 1.73. The van der Waals surface area contributed by atoms with Crippen molar-refractivity contribution in [1.29, 1.82) is 0 Å². The van der Waals surface area contributed by atoms with Gasteiger partial charge >= 0.3 is 12.0 Å². The number of carbonyl (C=O) groups is 2. The Kier molecular flexibility index (Phi) is 5.85. The first-order chi connectivity index (χ1) is 7.26.